The molecular weight excluding hydrogens is 428 g/mol. The number of rotatable bonds is 6. The van der Waals surface area contributed by atoms with Crippen molar-refractivity contribution >= 4 is 44.6 Å². The van der Waals surface area contributed by atoms with E-state index < -0.39 is 11.4 Å². The summed E-state index contributed by atoms with van der Waals surface area (Å²) in [5.74, 6) is 0.0713. The molecule has 2 aliphatic carbocycles. The van der Waals surface area contributed by atoms with Gasteiger partial charge in [0.1, 0.15) is 12.0 Å². The summed E-state index contributed by atoms with van der Waals surface area (Å²) in [4.78, 5) is 12.5. The van der Waals surface area contributed by atoms with Crippen LogP contribution >= 0.6 is 15.9 Å². The van der Waals surface area contributed by atoms with E-state index in [1.54, 1.807) is 19.4 Å². The van der Waals surface area contributed by atoms with Gasteiger partial charge in [0.2, 0.25) is 0 Å². The number of carbonyl (C=O) groups is 1. The number of anilines is 1. The summed E-state index contributed by atoms with van der Waals surface area (Å²) in [5, 5.41) is 14.2. The Bertz CT molecular complexity index is 855. The molecule has 3 rings (SSSR count). The first-order valence-electron chi connectivity index (χ1n) is 8.50. The molecule has 0 radical (unpaired) electrons. The number of nitrogens with one attached hydrogen (secondary N) is 4. The van der Waals surface area contributed by atoms with Crippen molar-refractivity contribution in [1.82, 2.24) is 10.0 Å². The maximum Gasteiger partial charge on any atom is 0.268 e. The number of carbonyl (C=O) groups excluding carboxylic acids is 1. The van der Waals surface area contributed by atoms with Crippen LogP contribution in [0.15, 0.2) is 63.4 Å². The molecule has 6 nitrogen and oxygen atoms in total. The first-order valence-corrected chi connectivity index (χ1v) is 10.9. The first-order chi connectivity index (χ1) is 12.9. The molecule has 1 unspecified atom stereocenters. The fourth-order valence-corrected chi connectivity index (χ4v) is 3.60. The summed E-state index contributed by atoms with van der Waals surface area (Å²) in [6, 6.07) is 7.47. The molecule has 0 aromatic heterocycles. The summed E-state index contributed by atoms with van der Waals surface area (Å²) in [6.45, 7) is 0. The van der Waals surface area contributed by atoms with Gasteiger partial charge in [-0.3, -0.25) is 4.79 Å². The standard InChI is InChI=1S/C19H21BrN4O2S/c1-22-19(25)18(23-13-7-5-12(20)6-8-13)15-9-14(11-3-4-11)17(10-16(15)21)24-27(2)26/h5-11,21,23-24H,3-4H2,1-2H3,(H,22,25)/b18-15-,21-16?. The van der Waals surface area contributed by atoms with E-state index in [0.717, 1.165) is 28.6 Å². The van der Waals surface area contributed by atoms with Gasteiger partial charge >= 0.3 is 0 Å². The van der Waals surface area contributed by atoms with Crippen LogP contribution in [-0.2, 0) is 16.2 Å². The fourth-order valence-electron chi connectivity index (χ4n) is 2.85. The maximum absolute atomic E-state index is 12.5. The number of halogens is 1. The van der Waals surface area contributed by atoms with Crippen molar-refractivity contribution in [3.8, 4) is 0 Å². The highest BCUT2D eigenvalue weighted by atomic mass is 79.9. The second kappa shape index (κ2) is 8.33. The van der Waals surface area contributed by atoms with Gasteiger partial charge < -0.3 is 20.6 Å². The van der Waals surface area contributed by atoms with Crippen molar-refractivity contribution in [3.63, 3.8) is 0 Å². The van der Waals surface area contributed by atoms with Crippen molar-refractivity contribution in [1.29, 1.82) is 5.41 Å². The summed E-state index contributed by atoms with van der Waals surface area (Å²) < 4.78 is 15.5. The zero-order valence-electron chi connectivity index (χ0n) is 15.1. The lowest BCUT2D eigenvalue weighted by molar-refractivity contribution is -0.116. The molecule has 142 valence electrons. The van der Waals surface area contributed by atoms with Crippen molar-refractivity contribution in [2.75, 3.05) is 18.6 Å². The van der Waals surface area contributed by atoms with Crippen molar-refractivity contribution in [2.24, 2.45) is 5.92 Å². The van der Waals surface area contributed by atoms with Gasteiger partial charge in [-0.05, 0) is 60.8 Å². The van der Waals surface area contributed by atoms with Gasteiger partial charge in [0.15, 0.2) is 0 Å². The van der Waals surface area contributed by atoms with Gasteiger partial charge in [-0.2, -0.15) is 0 Å². The predicted octanol–water partition coefficient (Wildman–Crippen LogP) is 3.00. The summed E-state index contributed by atoms with van der Waals surface area (Å²) in [5.41, 5.74) is 3.47. The lowest BCUT2D eigenvalue weighted by atomic mass is 9.93. The minimum atomic E-state index is -1.22. The van der Waals surface area contributed by atoms with Gasteiger partial charge in [-0.15, -0.1) is 0 Å². The summed E-state index contributed by atoms with van der Waals surface area (Å²) in [6.07, 6.45) is 7.18. The largest absolute Gasteiger partial charge is 0.593 e. The van der Waals surface area contributed by atoms with E-state index in [4.69, 9.17) is 5.41 Å². The minimum Gasteiger partial charge on any atom is -0.593 e. The molecule has 0 bridgehead atoms. The summed E-state index contributed by atoms with van der Waals surface area (Å²) >= 11 is 2.17. The van der Waals surface area contributed by atoms with E-state index in [2.05, 4.69) is 31.3 Å². The molecule has 0 aliphatic heterocycles. The Morgan fingerprint density at radius 1 is 1.26 bits per heavy atom. The predicted molar refractivity (Wildman–Crippen MR) is 113 cm³/mol. The van der Waals surface area contributed by atoms with Crippen LogP contribution in [0.25, 0.3) is 0 Å². The van der Waals surface area contributed by atoms with E-state index in [1.165, 1.54) is 0 Å². The van der Waals surface area contributed by atoms with E-state index in [0.29, 0.717) is 22.9 Å². The topological polar surface area (TPSA) is 100 Å². The van der Waals surface area contributed by atoms with Gasteiger partial charge in [0.25, 0.3) is 5.91 Å². The molecule has 0 spiro atoms. The Morgan fingerprint density at radius 2 is 1.93 bits per heavy atom. The number of amides is 1. The van der Waals surface area contributed by atoms with E-state index >= 15 is 0 Å². The van der Waals surface area contributed by atoms with Crippen molar-refractivity contribution < 1.29 is 9.35 Å². The van der Waals surface area contributed by atoms with Gasteiger partial charge in [0.05, 0.1) is 22.8 Å². The molecule has 0 heterocycles. The molecule has 1 aromatic rings. The monoisotopic (exact) mass is 448 g/mol. The van der Waals surface area contributed by atoms with Crippen LogP contribution in [0.4, 0.5) is 5.69 Å². The van der Waals surface area contributed by atoms with Gasteiger partial charge in [0, 0.05) is 22.8 Å². The maximum atomic E-state index is 12.5. The van der Waals surface area contributed by atoms with E-state index in [-0.39, 0.29) is 11.6 Å². The average Bonchev–Trinajstić information content (AvgIpc) is 3.46. The van der Waals surface area contributed by atoms with Crippen molar-refractivity contribution in [2.45, 2.75) is 12.8 Å². The molecule has 1 saturated carbocycles. The molecule has 1 fully saturated rings. The lowest BCUT2D eigenvalue weighted by Gasteiger charge is -2.22. The second-order valence-corrected chi connectivity index (χ2v) is 8.43. The lowest BCUT2D eigenvalue weighted by Crippen LogP contribution is -2.30. The zero-order valence-corrected chi connectivity index (χ0v) is 17.5. The van der Waals surface area contributed by atoms with Gasteiger partial charge in [-0.1, -0.05) is 15.9 Å². The number of hydrogen-bond acceptors (Lipinski definition) is 5. The third-order valence-corrected chi connectivity index (χ3v) is 5.33. The minimum absolute atomic E-state index is 0.190. The highest BCUT2D eigenvalue weighted by molar-refractivity contribution is 9.10. The molecule has 8 heteroatoms. The molecule has 1 aromatic carbocycles. The van der Waals surface area contributed by atoms with Crippen LogP contribution in [0.1, 0.15) is 12.8 Å². The summed E-state index contributed by atoms with van der Waals surface area (Å²) in [7, 11) is 1.56. The van der Waals surface area contributed by atoms with Crippen LogP contribution in [0.2, 0.25) is 0 Å². The zero-order chi connectivity index (χ0) is 19.6. The smallest absolute Gasteiger partial charge is 0.268 e. The molecule has 1 atom stereocenters. The molecule has 27 heavy (non-hydrogen) atoms. The number of allylic oxidation sites excluding steroid dienone is 4. The van der Waals surface area contributed by atoms with Crippen LogP contribution in [-0.4, -0.2) is 29.5 Å². The van der Waals surface area contributed by atoms with Crippen LogP contribution in [0.3, 0.4) is 0 Å². The third-order valence-electron chi connectivity index (χ3n) is 4.30. The number of benzene rings is 1. The highest BCUT2D eigenvalue weighted by Crippen LogP contribution is 2.42. The Balaban J connectivity index is 2.02. The molecule has 0 saturated heterocycles. The Morgan fingerprint density at radius 3 is 2.48 bits per heavy atom. The Labute approximate surface area is 170 Å². The fraction of sp³-hybridized carbons (Fsp3) is 0.263. The molecule has 1 amide bonds. The second-order valence-electron chi connectivity index (χ2n) is 6.40. The number of likely N-dealkylation sites (N-methyl/N-ethyl adjacent to an activating group) is 1. The normalized spacial score (nSPS) is 19.6. The average molecular weight is 449 g/mol. The molecule has 2 aliphatic rings. The Kier molecular flexibility index (Phi) is 6.08. The quantitative estimate of drug-likeness (QED) is 0.396. The SMILES string of the molecule is CNC(=O)/C(Nc1ccc(Br)cc1)=C1\C=C(C2CC2)C(N[S+](C)[O-])=CC1=N. The number of hydrogen-bond donors (Lipinski definition) is 4. The highest BCUT2D eigenvalue weighted by Gasteiger charge is 2.33. The molecular formula is C19H21BrN4O2S. The van der Waals surface area contributed by atoms with Crippen LogP contribution in [0, 0.1) is 11.3 Å². The van der Waals surface area contributed by atoms with Crippen LogP contribution in [0.5, 0.6) is 0 Å². The van der Waals surface area contributed by atoms with Crippen molar-refractivity contribution in [3.05, 3.63) is 63.4 Å². The van der Waals surface area contributed by atoms with Crippen LogP contribution < -0.4 is 15.4 Å². The Hall–Kier alpha value is -2.03. The molecule has 4 N–H and O–H groups in total. The third kappa shape index (κ3) is 4.82. The van der Waals surface area contributed by atoms with Gasteiger partial charge in [-0.25, -0.2) is 4.72 Å². The first kappa shape index (κ1) is 19.7. The van der Waals surface area contributed by atoms with E-state index in [9.17, 15) is 9.35 Å². The van der Waals surface area contributed by atoms with E-state index in [1.807, 2.05) is 30.3 Å².